The van der Waals surface area contributed by atoms with Crippen LogP contribution in [0.15, 0.2) is 0 Å². The third-order valence-corrected chi connectivity index (χ3v) is 3.41. The minimum absolute atomic E-state index is 0.148. The minimum Gasteiger partial charge on any atom is -0.390 e. The van der Waals surface area contributed by atoms with E-state index < -0.39 is 0 Å². The van der Waals surface area contributed by atoms with Crippen molar-refractivity contribution in [3.05, 3.63) is 0 Å². The Labute approximate surface area is 78.0 Å². The molecule has 0 aromatic rings. The van der Waals surface area contributed by atoms with Gasteiger partial charge in [-0.05, 0) is 32.1 Å². The van der Waals surface area contributed by atoms with Gasteiger partial charge < -0.3 is 14.6 Å². The van der Waals surface area contributed by atoms with Crippen LogP contribution in [-0.2, 0) is 9.47 Å². The van der Waals surface area contributed by atoms with Crippen LogP contribution in [0.1, 0.15) is 32.1 Å². The van der Waals surface area contributed by atoms with Crippen LogP contribution in [-0.4, -0.2) is 35.6 Å². The molecule has 2 heterocycles. The maximum Gasteiger partial charge on any atom is 0.110 e. The summed E-state index contributed by atoms with van der Waals surface area (Å²) in [7, 11) is 0. The van der Waals surface area contributed by atoms with E-state index >= 15 is 0 Å². The van der Waals surface area contributed by atoms with Crippen LogP contribution >= 0.6 is 0 Å². The Kier molecular flexibility index (Phi) is 1.86. The first kappa shape index (κ1) is 8.21. The standard InChI is InChI=1S/C10H16O3/c11-6-4-5-8-7(12-8)2-1-3-9-10(6)13-9/h6-11H,1-5H2/t6-,7-,8+,9-,10+/m0/s1. The molecule has 1 saturated carbocycles. The highest BCUT2D eigenvalue weighted by atomic mass is 16.6. The summed E-state index contributed by atoms with van der Waals surface area (Å²) >= 11 is 0. The SMILES string of the molecule is O[C@H]1CC[C@H]2O[C@H]2CCC[C@@H]2O[C@@H]21. The molecule has 1 N–H and O–H groups in total. The fourth-order valence-corrected chi connectivity index (χ4v) is 2.43. The predicted molar refractivity (Wildman–Crippen MR) is 46.4 cm³/mol. The highest BCUT2D eigenvalue weighted by molar-refractivity contribution is 4.95. The van der Waals surface area contributed by atoms with E-state index in [0.29, 0.717) is 18.3 Å². The summed E-state index contributed by atoms with van der Waals surface area (Å²) < 4.78 is 10.9. The van der Waals surface area contributed by atoms with E-state index in [-0.39, 0.29) is 12.2 Å². The molecule has 0 spiro atoms. The van der Waals surface area contributed by atoms with Gasteiger partial charge in [0.25, 0.3) is 0 Å². The molecule has 2 aliphatic heterocycles. The lowest BCUT2D eigenvalue weighted by atomic mass is 9.99. The molecule has 5 atom stereocenters. The van der Waals surface area contributed by atoms with Crippen molar-refractivity contribution in [1.29, 1.82) is 0 Å². The van der Waals surface area contributed by atoms with Crippen LogP contribution in [0.3, 0.4) is 0 Å². The second-order valence-electron chi connectivity index (χ2n) is 4.43. The van der Waals surface area contributed by atoms with Crippen molar-refractivity contribution in [3.63, 3.8) is 0 Å². The maximum atomic E-state index is 9.70. The molecular formula is C10H16O3. The zero-order valence-electron chi connectivity index (χ0n) is 7.69. The van der Waals surface area contributed by atoms with Gasteiger partial charge in [-0.25, -0.2) is 0 Å². The molecule has 0 aromatic carbocycles. The topological polar surface area (TPSA) is 45.3 Å². The number of hydrogen-bond donors (Lipinski definition) is 1. The predicted octanol–water partition coefficient (Wildman–Crippen LogP) is 0.846. The van der Waals surface area contributed by atoms with E-state index in [9.17, 15) is 5.11 Å². The van der Waals surface area contributed by atoms with Gasteiger partial charge in [0.1, 0.15) is 6.10 Å². The van der Waals surface area contributed by atoms with Crippen molar-refractivity contribution < 1.29 is 14.6 Å². The minimum atomic E-state index is -0.243. The van der Waals surface area contributed by atoms with Crippen LogP contribution in [0, 0.1) is 0 Å². The zero-order valence-corrected chi connectivity index (χ0v) is 7.69. The quantitative estimate of drug-likeness (QED) is 0.567. The number of aliphatic hydroxyl groups excluding tert-OH is 1. The summed E-state index contributed by atoms with van der Waals surface area (Å²) in [6.45, 7) is 0. The Hall–Kier alpha value is -0.120. The molecule has 2 saturated heterocycles. The average Bonchev–Trinajstić information content (AvgIpc) is 2.94. The second kappa shape index (κ2) is 2.94. The van der Waals surface area contributed by atoms with Crippen molar-refractivity contribution >= 4 is 0 Å². The molecule has 1 aliphatic carbocycles. The van der Waals surface area contributed by atoms with E-state index in [1.54, 1.807) is 0 Å². The van der Waals surface area contributed by atoms with E-state index in [1.807, 2.05) is 0 Å². The van der Waals surface area contributed by atoms with Gasteiger partial charge >= 0.3 is 0 Å². The second-order valence-corrected chi connectivity index (χ2v) is 4.43. The first-order chi connectivity index (χ1) is 6.34. The first-order valence-corrected chi connectivity index (χ1v) is 5.33. The Morgan fingerprint density at radius 1 is 0.846 bits per heavy atom. The van der Waals surface area contributed by atoms with Crippen molar-refractivity contribution in [2.24, 2.45) is 0 Å². The molecule has 3 fully saturated rings. The Balaban J connectivity index is 1.59. The Morgan fingerprint density at radius 3 is 2.54 bits per heavy atom. The normalized spacial score (nSPS) is 54.7. The van der Waals surface area contributed by atoms with Crippen molar-refractivity contribution in [2.75, 3.05) is 0 Å². The number of epoxide rings is 2. The Bertz CT molecular complexity index is 206. The van der Waals surface area contributed by atoms with Gasteiger partial charge in [0.05, 0.1) is 24.4 Å². The lowest BCUT2D eigenvalue weighted by Crippen LogP contribution is -2.18. The van der Waals surface area contributed by atoms with E-state index in [4.69, 9.17) is 9.47 Å². The van der Waals surface area contributed by atoms with Crippen LogP contribution in [0.4, 0.5) is 0 Å². The maximum absolute atomic E-state index is 9.70. The average molecular weight is 184 g/mol. The van der Waals surface area contributed by atoms with Crippen molar-refractivity contribution in [2.45, 2.75) is 62.6 Å². The van der Waals surface area contributed by atoms with Gasteiger partial charge in [-0.1, -0.05) is 0 Å². The monoisotopic (exact) mass is 184 g/mol. The van der Waals surface area contributed by atoms with Crippen molar-refractivity contribution in [1.82, 2.24) is 0 Å². The molecule has 0 bridgehead atoms. The summed E-state index contributed by atoms with van der Waals surface area (Å²) in [5.74, 6) is 0. The van der Waals surface area contributed by atoms with Gasteiger partial charge in [-0.15, -0.1) is 0 Å². The van der Waals surface area contributed by atoms with Gasteiger partial charge in [0, 0.05) is 0 Å². The molecule has 0 aromatic heterocycles. The molecule has 3 heteroatoms. The number of fused-ring (bicyclic) bond motifs is 2. The van der Waals surface area contributed by atoms with Crippen LogP contribution in [0.5, 0.6) is 0 Å². The van der Waals surface area contributed by atoms with Crippen molar-refractivity contribution in [3.8, 4) is 0 Å². The molecule has 74 valence electrons. The zero-order chi connectivity index (χ0) is 8.84. The molecule has 3 aliphatic rings. The first-order valence-electron chi connectivity index (χ1n) is 5.33. The lowest BCUT2D eigenvalue weighted by Gasteiger charge is -2.07. The number of ether oxygens (including phenoxy) is 2. The molecule has 3 rings (SSSR count). The molecule has 0 unspecified atom stereocenters. The number of rotatable bonds is 0. The fourth-order valence-electron chi connectivity index (χ4n) is 2.43. The highest BCUT2D eigenvalue weighted by Crippen LogP contribution is 2.38. The smallest absolute Gasteiger partial charge is 0.110 e. The summed E-state index contributed by atoms with van der Waals surface area (Å²) in [4.78, 5) is 0. The number of hydrogen-bond acceptors (Lipinski definition) is 3. The third-order valence-electron chi connectivity index (χ3n) is 3.41. The molecule has 0 amide bonds. The van der Waals surface area contributed by atoms with Gasteiger partial charge in [0.15, 0.2) is 0 Å². The lowest BCUT2D eigenvalue weighted by molar-refractivity contribution is 0.121. The van der Waals surface area contributed by atoms with Crippen LogP contribution in [0.25, 0.3) is 0 Å². The molecule has 3 nitrogen and oxygen atoms in total. The van der Waals surface area contributed by atoms with Crippen LogP contribution in [0.2, 0.25) is 0 Å². The van der Waals surface area contributed by atoms with Gasteiger partial charge in [-0.3, -0.25) is 0 Å². The summed E-state index contributed by atoms with van der Waals surface area (Å²) in [5, 5.41) is 9.70. The number of aliphatic hydroxyl groups is 1. The summed E-state index contributed by atoms with van der Waals surface area (Å²) in [6.07, 6.45) is 6.55. The molecule has 0 radical (unpaired) electrons. The summed E-state index contributed by atoms with van der Waals surface area (Å²) in [6, 6.07) is 0. The van der Waals surface area contributed by atoms with E-state index in [0.717, 1.165) is 19.3 Å². The van der Waals surface area contributed by atoms with E-state index in [2.05, 4.69) is 0 Å². The summed E-state index contributed by atoms with van der Waals surface area (Å²) in [5.41, 5.74) is 0. The van der Waals surface area contributed by atoms with E-state index in [1.165, 1.54) is 12.8 Å². The largest absolute Gasteiger partial charge is 0.390 e. The van der Waals surface area contributed by atoms with Gasteiger partial charge in [-0.2, -0.15) is 0 Å². The van der Waals surface area contributed by atoms with Gasteiger partial charge in [0.2, 0.25) is 0 Å². The molecule has 13 heavy (non-hydrogen) atoms. The van der Waals surface area contributed by atoms with Crippen LogP contribution < -0.4 is 0 Å². The fraction of sp³-hybridized carbons (Fsp3) is 1.00. The third kappa shape index (κ3) is 1.60. The molecular weight excluding hydrogens is 168 g/mol. The highest BCUT2D eigenvalue weighted by Gasteiger charge is 2.47. The Morgan fingerprint density at radius 2 is 1.62 bits per heavy atom.